The van der Waals surface area contributed by atoms with E-state index in [1.807, 2.05) is 12.1 Å². The van der Waals surface area contributed by atoms with Gasteiger partial charge < -0.3 is 5.32 Å². The zero-order valence-electron chi connectivity index (χ0n) is 11.8. The number of carbonyl (C=O) groups excluding carboxylic acids is 2. The summed E-state index contributed by atoms with van der Waals surface area (Å²) < 4.78 is 0. The van der Waals surface area contributed by atoms with Gasteiger partial charge >= 0.3 is 6.03 Å². The van der Waals surface area contributed by atoms with Crippen molar-refractivity contribution >= 4 is 17.5 Å². The molecule has 0 bridgehead atoms. The van der Waals surface area contributed by atoms with Crippen LogP contribution in [0.25, 0.3) is 5.57 Å². The van der Waals surface area contributed by atoms with Crippen molar-refractivity contribution in [2.24, 2.45) is 0 Å². The molecule has 0 radical (unpaired) electrons. The standard InChI is InChI=1S/C17H18N2O2/c20-16-10-11-19(16)17(21)18-12-13-6-8-15(9-7-13)14-4-2-1-3-5-14/h2,4-9H,1,3,10-12H2,(H,18,21). The molecule has 108 valence electrons. The number of nitrogens with zero attached hydrogens (tertiary/aromatic N) is 1. The molecule has 1 aromatic carbocycles. The fourth-order valence-corrected chi connectivity index (χ4v) is 2.45. The fraction of sp³-hybridized carbons (Fsp3) is 0.294. The SMILES string of the molecule is O=C1CCN1C(=O)NCc1ccc(C2=CCCC=C2)cc1. The number of rotatable bonds is 3. The van der Waals surface area contributed by atoms with Crippen molar-refractivity contribution in [2.45, 2.75) is 25.8 Å². The monoisotopic (exact) mass is 282 g/mol. The first-order chi connectivity index (χ1) is 10.2. The maximum atomic E-state index is 11.7. The van der Waals surface area contributed by atoms with Gasteiger partial charge in [-0.1, -0.05) is 42.5 Å². The Bertz CT molecular complexity index is 614. The first-order valence-electron chi connectivity index (χ1n) is 7.28. The molecule has 1 aliphatic carbocycles. The summed E-state index contributed by atoms with van der Waals surface area (Å²) in [6.45, 7) is 0.974. The van der Waals surface area contributed by atoms with Gasteiger partial charge in [0.15, 0.2) is 0 Å². The summed E-state index contributed by atoms with van der Waals surface area (Å²) in [5.74, 6) is -0.0983. The molecule has 4 nitrogen and oxygen atoms in total. The van der Waals surface area contributed by atoms with Crippen LogP contribution in [0.2, 0.25) is 0 Å². The molecule has 3 amide bonds. The largest absolute Gasteiger partial charge is 0.334 e. The van der Waals surface area contributed by atoms with E-state index in [1.165, 1.54) is 16.0 Å². The Hall–Kier alpha value is -2.36. The quantitative estimate of drug-likeness (QED) is 0.867. The number of benzene rings is 1. The van der Waals surface area contributed by atoms with Crippen molar-refractivity contribution < 1.29 is 9.59 Å². The summed E-state index contributed by atoms with van der Waals surface area (Å²) >= 11 is 0. The summed E-state index contributed by atoms with van der Waals surface area (Å²) in [4.78, 5) is 24.1. The Morgan fingerprint density at radius 2 is 2.00 bits per heavy atom. The first kappa shape index (κ1) is 13.6. The van der Waals surface area contributed by atoms with Gasteiger partial charge in [0, 0.05) is 19.5 Å². The first-order valence-corrected chi connectivity index (χ1v) is 7.28. The van der Waals surface area contributed by atoms with Crippen LogP contribution < -0.4 is 5.32 Å². The Labute approximate surface area is 124 Å². The van der Waals surface area contributed by atoms with Crippen molar-refractivity contribution in [3.05, 3.63) is 53.6 Å². The highest BCUT2D eigenvalue weighted by Gasteiger charge is 2.29. The summed E-state index contributed by atoms with van der Waals surface area (Å²) in [5.41, 5.74) is 3.47. The summed E-state index contributed by atoms with van der Waals surface area (Å²) in [7, 11) is 0. The van der Waals surface area contributed by atoms with E-state index >= 15 is 0 Å². The lowest BCUT2D eigenvalue weighted by atomic mass is 9.99. The molecule has 0 aromatic heterocycles. The maximum absolute atomic E-state index is 11.7. The van der Waals surface area contributed by atoms with Gasteiger partial charge in [-0.25, -0.2) is 4.79 Å². The number of β-lactam (4-membered cyclic amide) rings is 1. The Morgan fingerprint density at radius 3 is 2.57 bits per heavy atom. The van der Waals surface area contributed by atoms with Gasteiger partial charge in [-0.05, 0) is 29.5 Å². The van der Waals surface area contributed by atoms with Crippen LogP contribution in [0, 0.1) is 0 Å². The van der Waals surface area contributed by atoms with Crippen molar-refractivity contribution in [2.75, 3.05) is 6.54 Å². The minimum Gasteiger partial charge on any atom is -0.334 e. The molecule has 1 saturated heterocycles. The number of nitrogens with one attached hydrogen (secondary N) is 1. The van der Waals surface area contributed by atoms with E-state index in [0.717, 1.165) is 18.4 Å². The van der Waals surface area contributed by atoms with Gasteiger partial charge in [0.25, 0.3) is 0 Å². The number of hydrogen-bond acceptors (Lipinski definition) is 2. The number of amides is 3. The number of urea groups is 1. The molecule has 21 heavy (non-hydrogen) atoms. The molecule has 0 spiro atoms. The highest BCUT2D eigenvalue weighted by molar-refractivity contribution is 5.98. The van der Waals surface area contributed by atoms with Gasteiger partial charge in [0.2, 0.25) is 5.91 Å². The zero-order valence-corrected chi connectivity index (χ0v) is 11.8. The molecule has 1 N–H and O–H groups in total. The highest BCUT2D eigenvalue weighted by Crippen LogP contribution is 2.21. The molecule has 0 saturated carbocycles. The van der Waals surface area contributed by atoms with Crippen LogP contribution in [0.5, 0.6) is 0 Å². The number of imide groups is 1. The van der Waals surface area contributed by atoms with E-state index < -0.39 is 0 Å². The van der Waals surface area contributed by atoms with Crippen LogP contribution >= 0.6 is 0 Å². The fourth-order valence-electron chi connectivity index (χ4n) is 2.45. The van der Waals surface area contributed by atoms with Crippen molar-refractivity contribution in [1.29, 1.82) is 0 Å². The lowest BCUT2D eigenvalue weighted by Crippen LogP contribution is -2.51. The lowest BCUT2D eigenvalue weighted by Gasteiger charge is -2.28. The molecular weight excluding hydrogens is 264 g/mol. The number of allylic oxidation sites excluding steroid dienone is 4. The third kappa shape index (κ3) is 3.05. The predicted octanol–water partition coefficient (Wildman–Crippen LogP) is 2.86. The van der Waals surface area contributed by atoms with Crippen molar-refractivity contribution in [3.8, 4) is 0 Å². The number of hydrogen-bond donors (Lipinski definition) is 1. The molecule has 4 heteroatoms. The average molecular weight is 282 g/mol. The van der Waals surface area contributed by atoms with Gasteiger partial charge in [-0.2, -0.15) is 0 Å². The second kappa shape index (κ2) is 5.95. The van der Waals surface area contributed by atoms with E-state index in [-0.39, 0.29) is 11.9 Å². The smallest absolute Gasteiger partial charge is 0.324 e. The van der Waals surface area contributed by atoms with E-state index in [2.05, 4.69) is 35.7 Å². The van der Waals surface area contributed by atoms with E-state index in [1.54, 1.807) is 0 Å². The van der Waals surface area contributed by atoms with Crippen LogP contribution in [-0.2, 0) is 11.3 Å². The molecule has 0 atom stereocenters. The topological polar surface area (TPSA) is 49.4 Å². The second-order valence-electron chi connectivity index (χ2n) is 5.29. The van der Waals surface area contributed by atoms with Crippen LogP contribution in [-0.4, -0.2) is 23.4 Å². The molecular formula is C17H18N2O2. The van der Waals surface area contributed by atoms with Gasteiger partial charge in [-0.15, -0.1) is 0 Å². The molecule has 1 aromatic rings. The molecule has 3 rings (SSSR count). The molecule has 0 unspecified atom stereocenters. The molecule has 1 aliphatic heterocycles. The average Bonchev–Trinajstić information content (AvgIpc) is 2.53. The summed E-state index contributed by atoms with van der Waals surface area (Å²) in [6, 6.07) is 7.86. The van der Waals surface area contributed by atoms with Gasteiger partial charge in [-0.3, -0.25) is 9.69 Å². The summed E-state index contributed by atoms with van der Waals surface area (Å²) in [6.07, 6.45) is 9.26. The third-order valence-corrected chi connectivity index (χ3v) is 3.82. The van der Waals surface area contributed by atoms with Gasteiger partial charge in [0.1, 0.15) is 0 Å². The van der Waals surface area contributed by atoms with E-state index in [4.69, 9.17) is 0 Å². The predicted molar refractivity (Wildman–Crippen MR) is 81.4 cm³/mol. The van der Waals surface area contributed by atoms with E-state index in [9.17, 15) is 9.59 Å². The Kier molecular flexibility index (Phi) is 3.86. The Balaban J connectivity index is 1.57. The van der Waals surface area contributed by atoms with E-state index in [0.29, 0.717) is 19.5 Å². The molecule has 1 heterocycles. The molecule has 1 fully saturated rings. The van der Waals surface area contributed by atoms with Crippen LogP contribution in [0.4, 0.5) is 4.79 Å². The third-order valence-electron chi connectivity index (χ3n) is 3.82. The van der Waals surface area contributed by atoms with Crippen LogP contribution in [0.15, 0.2) is 42.5 Å². The number of likely N-dealkylation sites (tertiary alicyclic amines) is 1. The van der Waals surface area contributed by atoms with Crippen molar-refractivity contribution in [1.82, 2.24) is 10.2 Å². The molecule has 2 aliphatic rings. The normalized spacial score (nSPS) is 17.2. The maximum Gasteiger partial charge on any atom is 0.324 e. The number of carbonyl (C=O) groups is 2. The minimum absolute atomic E-state index is 0.0983. The highest BCUT2D eigenvalue weighted by atomic mass is 16.2. The minimum atomic E-state index is -0.298. The summed E-state index contributed by atoms with van der Waals surface area (Å²) in [5, 5.41) is 2.77. The van der Waals surface area contributed by atoms with Crippen LogP contribution in [0.1, 0.15) is 30.4 Å². The lowest BCUT2D eigenvalue weighted by molar-refractivity contribution is -0.135. The van der Waals surface area contributed by atoms with Gasteiger partial charge in [0.05, 0.1) is 0 Å². The Morgan fingerprint density at radius 1 is 1.19 bits per heavy atom. The van der Waals surface area contributed by atoms with Crippen LogP contribution in [0.3, 0.4) is 0 Å². The van der Waals surface area contributed by atoms with Crippen molar-refractivity contribution in [3.63, 3.8) is 0 Å². The second-order valence-corrected chi connectivity index (χ2v) is 5.29. The zero-order chi connectivity index (χ0) is 14.7.